The van der Waals surface area contributed by atoms with E-state index in [-0.39, 0.29) is 5.54 Å². The van der Waals surface area contributed by atoms with Gasteiger partial charge < -0.3 is 0 Å². The van der Waals surface area contributed by atoms with Gasteiger partial charge in [0.1, 0.15) is 0 Å². The molecular weight excluding hydrogens is 198 g/mol. The van der Waals surface area contributed by atoms with Crippen molar-refractivity contribution >= 4 is 0 Å². The van der Waals surface area contributed by atoms with Crippen molar-refractivity contribution in [2.45, 2.75) is 65.0 Å². The third kappa shape index (κ3) is 2.76. The van der Waals surface area contributed by atoms with Crippen molar-refractivity contribution in [3.05, 3.63) is 0 Å². The van der Waals surface area contributed by atoms with Crippen LogP contribution in [0.2, 0.25) is 0 Å². The minimum Gasteiger partial charge on any atom is -0.297 e. The van der Waals surface area contributed by atoms with Gasteiger partial charge in [0.2, 0.25) is 0 Å². The number of hydrogen-bond donors (Lipinski definition) is 2. The number of nitrogens with zero attached hydrogens (tertiary/aromatic N) is 1. The van der Waals surface area contributed by atoms with Crippen molar-refractivity contribution in [2.75, 3.05) is 13.1 Å². The Morgan fingerprint density at radius 2 is 1.75 bits per heavy atom. The van der Waals surface area contributed by atoms with Crippen molar-refractivity contribution in [1.29, 1.82) is 0 Å². The lowest BCUT2D eigenvalue weighted by Gasteiger charge is -2.45. The lowest BCUT2D eigenvalue weighted by molar-refractivity contribution is 0.0657. The summed E-state index contributed by atoms with van der Waals surface area (Å²) >= 11 is 0. The summed E-state index contributed by atoms with van der Waals surface area (Å²) in [5, 5.41) is 0. The van der Waals surface area contributed by atoms with Crippen molar-refractivity contribution in [3.63, 3.8) is 0 Å². The van der Waals surface area contributed by atoms with Crippen LogP contribution in [0.15, 0.2) is 0 Å². The molecule has 0 spiro atoms. The van der Waals surface area contributed by atoms with Gasteiger partial charge >= 0.3 is 0 Å². The molecule has 0 aromatic rings. The zero-order valence-electron chi connectivity index (χ0n) is 11.4. The summed E-state index contributed by atoms with van der Waals surface area (Å²) < 4.78 is 0. The molecule has 1 aliphatic carbocycles. The molecule has 16 heavy (non-hydrogen) atoms. The molecule has 0 radical (unpaired) electrons. The van der Waals surface area contributed by atoms with Crippen molar-refractivity contribution < 1.29 is 0 Å². The van der Waals surface area contributed by atoms with Gasteiger partial charge in [-0.3, -0.25) is 16.2 Å². The van der Waals surface area contributed by atoms with Crippen LogP contribution in [0, 0.1) is 5.92 Å². The second-order valence-corrected chi connectivity index (χ2v) is 5.51. The highest BCUT2D eigenvalue weighted by molar-refractivity contribution is 4.97. The van der Waals surface area contributed by atoms with E-state index in [1.165, 1.54) is 25.7 Å². The normalized spacial score (nSPS) is 20.6. The topological polar surface area (TPSA) is 41.3 Å². The van der Waals surface area contributed by atoms with Crippen LogP contribution in [0.5, 0.6) is 0 Å². The van der Waals surface area contributed by atoms with E-state index < -0.39 is 0 Å². The predicted molar refractivity (Wildman–Crippen MR) is 70.1 cm³/mol. The van der Waals surface area contributed by atoms with E-state index in [0.29, 0.717) is 6.04 Å². The number of likely N-dealkylation sites (N-methyl/N-ethyl adjacent to an activating group) is 1. The molecule has 0 amide bonds. The van der Waals surface area contributed by atoms with Gasteiger partial charge in [-0.1, -0.05) is 26.7 Å². The van der Waals surface area contributed by atoms with Crippen molar-refractivity contribution in [3.8, 4) is 0 Å². The molecule has 0 saturated heterocycles. The van der Waals surface area contributed by atoms with Gasteiger partial charge in [-0.25, -0.2) is 0 Å². The number of hydrazine groups is 1. The molecule has 1 unspecified atom stereocenters. The lowest BCUT2D eigenvalue weighted by atomic mass is 9.82. The standard InChI is InChI=1S/C13H29N3/c1-5-16(6-2)13(3,4)12(15-14)11-9-7-8-10-11/h11-12,15H,5-10,14H2,1-4H3. The van der Waals surface area contributed by atoms with Crippen LogP contribution in [-0.4, -0.2) is 29.6 Å². The lowest BCUT2D eigenvalue weighted by Crippen LogP contribution is -2.61. The maximum Gasteiger partial charge on any atom is 0.0417 e. The Balaban J connectivity index is 2.75. The fraction of sp³-hybridized carbons (Fsp3) is 1.00. The molecule has 0 aromatic heterocycles. The summed E-state index contributed by atoms with van der Waals surface area (Å²) in [6, 6.07) is 0.412. The maximum absolute atomic E-state index is 5.81. The van der Waals surface area contributed by atoms with Gasteiger partial charge in [0, 0.05) is 11.6 Å². The molecule has 0 bridgehead atoms. The first-order valence-corrected chi connectivity index (χ1v) is 6.79. The second kappa shape index (κ2) is 5.99. The van der Waals surface area contributed by atoms with Gasteiger partial charge in [-0.15, -0.1) is 0 Å². The smallest absolute Gasteiger partial charge is 0.0417 e. The Morgan fingerprint density at radius 1 is 1.25 bits per heavy atom. The van der Waals surface area contributed by atoms with E-state index in [1.807, 2.05) is 0 Å². The number of rotatable bonds is 6. The van der Waals surface area contributed by atoms with Crippen molar-refractivity contribution in [1.82, 2.24) is 10.3 Å². The molecular formula is C13H29N3. The Hall–Kier alpha value is -0.120. The molecule has 3 heteroatoms. The molecule has 0 aliphatic heterocycles. The third-order valence-electron chi connectivity index (χ3n) is 4.39. The molecule has 3 nitrogen and oxygen atoms in total. The zero-order chi connectivity index (χ0) is 12.2. The van der Waals surface area contributed by atoms with Gasteiger partial charge in [0.25, 0.3) is 0 Å². The Kier molecular flexibility index (Phi) is 5.22. The SMILES string of the molecule is CCN(CC)C(C)(C)C(NN)C1CCCC1. The van der Waals surface area contributed by atoms with Gasteiger partial charge in [-0.2, -0.15) is 0 Å². The number of hydrogen-bond acceptors (Lipinski definition) is 3. The monoisotopic (exact) mass is 227 g/mol. The van der Waals surface area contributed by atoms with Crippen LogP contribution in [-0.2, 0) is 0 Å². The van der Waals surface area contributed by atoms with Crippen LogP contribution >= 0.6 is 0 Å². The minimum absolute atomic E-state index is 0.146. The first-order valence-electron chi connectivity index (χ1n) is 6.79. The first-order chi connectivity index (χ1) is 7.57. The zero-order valence-corrected chi connectivity index (χ0v) is 11.4. The largest absolute Gasteiger partial charge is 0.297 e. The molecule has 0 aromatic carbocycles. The van der Waals surface area contributed by atoms with Gasteiger partial charge in [-0.05, 0) is 45.7 Å². The van der Waals surface area contributed by atoms with Crippen LogP contribution in [0.1, 0.15) is 53.4 Å². The molecule has 1 fully saturated rings. The van der Waals surface area contributed by atoms with E-state index in [0.717, 1.165) is 19.0 Å². The fourth-order valence-corrected chi connectivity index (χ4v) is 3.44. The quantitative estimate of drug-likeness (QED) is 0.539. The van der Waals surface area contributed by atoms with E-state index in [1.54, 1.807) is 0 Å². The molecule has 0 heterocycles. The molecule has 1 saturated carbocycles. The summed E-state index contributed by atoms with van der Waals surface area (Å²) in [6.45, 7) is 11.3. The average molecular weight is 227 g/mol. The van der Waals surface area contributed by atoms with Crippen LogP contribution < -0.4 is 11.3 Å². The van der Waals surface area contributed by atoms with Crippen LogP contribution in [0.3, 0.4) is 0 Å². The van der Waals surface area contributed by atoms with Crippen LogP contribution in [0.25, 0.3) is 0 Å². The summed E-state index contributed by atoms with van der Waals surface area (Å²) in [6.07, 6.45) is 5.41. The van der Waals surface area contributed by atoms with E-state index in [4.69, 9.17) is 5.84 Å². The highest BCUT2D eigenvalue weighted by atomic mass is 15.3. The predicted octanol–water partition coefficient (Wildman–Crippen LogP) is 2.13. The molecule has 1 atom stereocenters. The number of nitrogens with one attached hydrogen (secondary N) is 1. The Labute approximate surface area is 101 Å². The Bertz CT molecular complexity index is 193. The van der Waals surface area contributed by atoms with E-state index >= 15 is 0 Å². The third-order valence-corrected chi connectivity index (χ3v) is 4.39. The minimum atomic E-state index is 0.146. The Morgan fingerprint density at radius 3 is 2.12 bits per heavy atom. The average Bonchev–Trinajstić information content (AvgIpc) is 2.73. The van der Waals surface area contributed by atoms with Gasteiger partial charge in [0.15, 0.2) is 0 Å². The first kappa shape index (κ1) is 13.9. The maximum atomic E-state index is 5.81. The second-order valence-electron chi connectivity index (χ2n) is 5.51. The highest BCUT2D eigenvalue weighted by Crippen LogP contribution is 2.34. The van der Waals surface area contributed by atoms with Crippen molar-refractivity contribution in [2.24, 2.45) is 11.8 Å². The van der Waals surface area contributed by atoms with E-state index in [9.17, 15) is 0 Å². The molecule has 3 N–H and O–H groups in total. The summed E-state index contributed by atoms with van der Waals surface area (Å²) in [7, 11) is 0. The molecule has 1 aliphatic rings. The fourth-order valence-electron chi connectivity index (χ4n) is 3.44. The molecule has 96 valence electrons. The number of nitrogens with two attached hydrogens (primary N) is 1. The summed E-state index contributed by atoms with van der Waals surface area (Å²) in [4.78, 5) is 2.51. The highest BCUT2D eigenvalue weighted by Gasteiger charge is 2.39. The van der Waals surface area contributed by atoms with E-state index in [2.05, 4.69) is 38.0 Å². The van der Waals surface area contributed by atoms with Crippen LogP contribution in [0.4, 0.5) is 0 Å². The summed E-state index contributed by atoms with van der Waals surface area (Å²) in [5.41, 5.74) is 3.24. The molecule has 1 rings (SSSR count). The van der Waals surface area contributed by atoms with Gasteiger partial charge in [0.05, 0.1) is 0 Å². The summed E-state index contributed by atoms with van der Waals surface area (Å²) in [5.74, 6) is 6.56.